The molecule has 2 heterocycles. The molecule has 0 radical (unpaired) electrons. The van der Waals surface area contributed by atoms with Gasteiger partial charge >= 0.3 is 23.9 Å². The third-order valence-corrected chi connectivity index (χ3v) is 14.8. The SMILES string of the molecule is COC(=O)C(C[C@H]1c2c(n(S(=O)(=O)c3ccc(C)cc3)c3ccccc23)[C@H](c2cn(S(=O)(=O)c3ccc(C)cc3)c3ccccc23)[C@H]1C(C(=O)OC)C(=O)OC)C(=O)OC. The number of hydrogen-bond donors (Lipinski definition) is 0. The van der Waals surface area contributed by atoms with Crippen molar-refractivity contribution in [1.82, 2.24) is 7.94 Å². The molecular formula is C44H42N2O12S2. The van der Waals surface area contributed by atoms with E-state index in [1.54, 1.807) is 72.8 Å². The second kappa shape index (κ2) is 16.1. The molecule has 0 spiro atoms. The summed E-state index contributed by atoms with van der Waals surface area (Å²) in [5.41, 5.74) is 2.66. The Bertz CT molecular complexity index is 2860. The Balaban J connectivity index is 1.66. The third kappa shape index (κ3) is 6.82. The summed E-state index contributed by atoms with van der Waals surface area (Å²) in [5, 5.41) is 0.726. The van der Waals surface area contributed by atoms with Crippen LogP contribution in [0.4, 0.5) is 0 Å². The van der Waals surface area contributed by atoms with Crippen LogP contribution in [0, 0.1) is 31.6 Å². The van der Waals surface area contributed by atoms with E-state index in [4.69, 9.17) is 18.9 Å². The molecule has 4 aromatic carbocycles. The van der Waals surface area contributed by atoms with Crippen molar-refractivity contribution in [2.45, 2.75) is 41.9 Å². The Hall–Kier alpha value is -6.26. The number of methoxy groups -OCH3 is 4. The fourth-order valence-electron chi connectivity index (χ4n) is 8.61. The first-order valence-electron chi connectivity index (χ1n) is 18.8. The molecule has 0 bridgehead atoms. The Morgan fingerprint density at radius 1 is 0.600 bits per heavy atom. The molecule has 7 rings (SSSR count). The van der Waals surface area contributed by atoms with Gasteiger partial charge < -0.3 is 18.9 Å². The van der Waals surface area contributed by atoms with E-state index < -0.39 is 79.9 Å². The number of ether oxygens (including phenoxy) is 4. The fourth-order valence-corrected chi connectivity index (χ4v) is 11.6. The van der Waals surface area contributed by atoms with Crippen LogP contribution in [-0.2, 0) is 58.2 Å². The largest absolute Gasteiger partial charge is 0.468 e. The first-order valence-corrected chi connectivity index (χ1v) is 21.7. The van der Waals surface area contributed by atoms with Gasteiger partial charge in [-0.05, 0) is 73.7 Å². The molecule has 3 atom stereocenters. The molecular weight excluding hydrogens is 813 g/mol. The summed E-state index contributed by atoms with van der Waals surface area (Å²) in [4.78, 5) is 54.9. The zero-order valence-electron chi connectivity index (χ0n) is 33.5. The highest BCUT2D eigenvalue weighted by Crippen LogP contribution is 2.60. The zero-order chi connectivity index (χ0) is 43.3. The standard InChI is InChI=1S/C44H42N2O12S2/c1-25-15-19-27(20-16-25)59(51,52)45-24-33(29-11-7-9-13-34(29)45)38-37(39(43(49)57-5)44(50)58-6)31(23-32(41(47)55-3)42(48)56-4)36-30-12-8-10-14-35(30)46(40(36)38)60(53,54)28-21-17-26(2)18-22-28/h7-22,24,31-32,37-39H,23H2,1-6H3/t31-,37-,38+/m0/s1. The molecule has 0 N–H and O–H groups in total. The number of esters is 4. The van der Waals surface area contributed by atoms with Crippen molar-refractivity contribution < 1.29 is 55.0 Å². The number of rotatable bonds is 12. The summed E-state index contributed by atoms with van der Waals surface area (Å²) < 4.78 is 82.4. The number of hydrogen-bond acceptors (Lipinski definition) is 12. The van der Waals surface area contributed by atoms with E-state index in [-0.39, 0.29) is 32.1 Å². The molecule has 0 aliphatic heterocycles. The number of nitrogens with zero attached hydrogens (tertiary/aromatic N) is 2. The number of carbonyl (C=O) groups excluding carboxylic acids is 4. The highest BCUT2D eigenvalue weighted by molar-refractivity contribution is 7.90. The molecule has 60 heavy (non-hydrogen) atoms. The summed E-state index contributed by atoms with van der Waals surface area (Å²) in [6, 6.07) is 25.7. The maximum atomic E-state index is 15.2. The Morgan fingerprint density at radius 3 is 1.58 bits per heavy atom. The first-order chi connectivity index (χ1) is 28.6. The van der Waals surface area contributed by atoms with Gasteiger partial charge in [0.15, 0.2) is 11.8 Å². The van der Waals surface area contributed by atoms with Crippen molar-refractivity contribution in [1.29, 1.82) is 0 Å². The molecule has 6 aromatic rings. The van der Waals surface area contributed by atoms with E-state index in [2.05, 4.69) is 0 Å². The molecule has 312 valence electrons. The highest BCUT2D eigenvalue weighted by Gasteiger charge is 2.56. The van der Waals surface area contributed by atoms with Gasteiger partial charge in [0.05, 0.1) is 49.3 Å². The Morgan fingerprint density at radius 2 is 1.07 bits per heavy atom. The second-order valence-corrected chi connectivity index (χ2v) is 18.2. The molecule has 0 fully saturated rings. The summed E-state index contributed by atoms with van der Waals surface area (Å²) in [5.74, 6) is -11.3. The minimum Gasteiger partial charge on any atom is -0.468 e. The van der Waals surface area contributed by atoms with Crippen LogP contribution in [-0.4, -0.2) is 77.1 Å². The van der Waals surface area contributed by atoms with Crippen molar-refractivity contribution in [2.24, 2.45) is 17.8 Å². The first kappa shape index (κ1) is 41.9. The molecule has 0 amide bonds. The van der Waals surface area contributed by atoms with Crippen molar-refractivity contribution >= 4 is 65.7 Å². The van der Waals surface area contributed by atoms with Gasteiger partial charge in [-0.3, -0.25) is 19.2 Å². The smallest absolute Gasteiger partial charge is 0.320 e. The maximum Gasteiger partial charge on any atom is 0.320 e. The van der Waals surface area contributed by atoms with Crippen LogP contribution in [0.25, 0.3) is 21.8 Å². The molecule has 0 saturated carbocycles. The van der Waals surface area contributed by atoms with Crippen molar-refractivity contribution in [3.63, 3.8) is 0 Å². The van der Waals surface area contributed by atoms with Crippen molar-refractivity contribution in [3.8, 4) is 0 Å². The van der Waals surface area contributed by atoms with Crippen LogP contribution >= 0.6 is 0 Å². The number of aromatic nitrogens is 2. The van der Waals surface area contributed by atoms with Gasteiger partial charge in [-0.1, -0.05) is 71.8 Å². The minimum atomic E-state index is -4.55. The van der Waals surface area contributed by atoms with Crippen molar-refractivity contribution in [3.05, 3.63) is 131 Å². The van der Waals surface area contributed by atoms with Crippen LogP contribution < -0.4 is 0 Å². The van der Waals surface area contributed by atoms with Crippen LogP contribution in [0.15, 0.2) is 113 Å². The van der Waals surface area contributed by atoms with E-state index in [0.29, 0.717) is 16.3 Å². The lowest BCUT2D eigenvalue weighted by atomic mass is 9.71. The average molecular weight is 855 g/mol. The number of benzene rings is 4. The van der Waals surface area contributed by atoms with Gasteiger partial charge in [0, 0.05) is 34.5 Å². The normalized spacial score (nSPS) is 16.6. The van der Waals surface area contributed by atoms with Gasteiger partial charge in [0.25, 0.3) is 20.0 Å². The number of aryl methyl sites for hydroxylation is 2. The molecule has 1 aliphatic rings. The Labute approximate surface area is 346 Å². The van der Waals surface area contributed by atoms with Crippen molar-refractivity contribution in [2.75, 3.05) is 28.4 Å². The summed E-state index contributed by atoms with van der Waals surface area (Å²) in [6.07, 6.45) is 0.935. The summed E-state index contributed by atoms with van der Waals surface area (Å²) >= 11 is 0. The van der Waals surface area contributed by atoms with Crippen LogP contribution in [0.1, 0.15) is 46.2 Å². The molecule has 1 aliphatic carbocycles. The van der Waals surface area contributed by atoms with Crippen LogP contribution in [0.3, 0.4) is 0 Å². The predicted molar refractivity (Wildman–Crippen MR) is 219 cm³/mol. The van der Waals surface area contributed by atoms with E-state index in [9.17, 15) is 27.6 Å². The van der Waals surface area contributed by atoms with Crippen LogP contribution in [0.5, 0.6) is 0 Å². The lowest BCUT2D eigenvalue weighted by molar-refractivity contribution is -0.162. The fraction of sp³-hybridized carbons (Fsp3) is 0.273. The molecule has 0 saturated heterocycles. The third-order valence-electron chi connectivity index (χ3n) is 11.4. The number of carbonyl (C=O) groups is 4. The molecule has 2 aromatic heterocycles. The van der Waals surface area contributed by atoms with Gasteiger partial charge in [0.1, 0.15) is 0 Å². The number of para-hydroxylation sites is 2. The van der Waals surface area contributed by atoms with E-state index in [0.717, 1.165) is 47.5 Å². The number of fused-ring (bicyclic) bond motifs is 4. The van der Waals surface area contributed by atoms with Gasteiger partial charge in [0.2, 0.25) is 0 Å². The lowest BCUT2D eigenvalue weighted by Crippen LogP contribution is -2.39. The molecule has 14 nitrogen and oxygen atoms in total. The average Bonchev–Trinajstić information content (AvgIpc) is 3.90. The highest BCUT2D eigenvalue weighted by atomic mass is 32.2. The van der Waals surface area contributed by atoms with Gasteiger partial charge in [-0.25, -0.2) is 24.8 Å². The van der Waals surface area contributed by atoms with E-state index in [1.165, 1.54) is 30.5 Å². The van der Waals surface area contributed by atoms with Gasteiger partial charge in [-0.2, -0.15) is 0 Å². The van der Waals surface area contributed by atoms with E-state index >= 15 is 8.42 Å². The van der Waals surface area contributed by atoms with E-state index in [1.807, 2.05) is 13.8 Å². The quantitative estimate of drug-likeness (QED) is 0.0815. The van der Waals surface area contributed by atoms with Crippen LogP contribution in [0.2, 0.25) is 0 Å². The molecule has 16 heteroatoms. The second-order valence-electron chi connectivity index (χ2n) is 14.6. The van der Waals surface area contributed by atoms with Gasteiger partial charge in [-0.15, -0.1) is 0 Å². The monoisotopic (exact) mass is 854 g/mol. The Kier molecular flexibility index (Phi) is 11.2. The zero-order valence-corrected chi connectivity index (χ0v) is 35.2. The molecule has 0 unspecified atom stereocenters. The summed E-state index contributed by atoms with van der Waals surface area (Å²) in [6.45, 7) is 3.63. The predicted octanol–water partition coefficient (Wildman–Crippen LogP) is 5.85. The lowest BCUT2D eigenvalue weighted by Gasteiger charge is -2.32. The maximum absolute atomic E-state index is 15.2. The summed E-state index contributed by atoms with van der Waals surface area (Å²) in [7, 11) is -4.54. The topological polar surface area (TPSA) is 183 Å². The minimum absolute atomic E-state index is 0.0287.